The first-order chi connectivity index (χ1) is 9.38. The number of anilines is 1. The van der Waals surface area contributed by atoms with Crippen molar-refractivity contribution in [3.8, 4) is 0 Å². The van der Waals surface area contributed by atoms with E-state index in [9.17, 15) is 17.6 Å². The van der Waals surface area contributed by atoms with Crippen molar-refractivity contribution in [3.63, 3.8) is 0 Å². The van der Waals surface area contributed by atoms with E-state index in [1.165, 1.54) is 6.07 Å². The monoisotopic (exact) mass is 300 g/mol. The first kappa shape index (κ1) is 14.8. The molecule has 0 aromatic heterocycles. The molecule has 1 aliphatic carbocycles. The molecule has 3 N–H and O–H groups in total. The molecule has 1 amide bonds. The summed E-state index contributed by atoms with van der Waals surface area (Å²) in [5.41, 5.74) is 5.50. The quantitative estimate of drug-likeness (QED) is 0.819. The van der Waals surface area contributed by atoms with Crippen LogP contribution < -0.4 is 11.1 Å². The minimum absolute atomic E-state index is 0.0361. The number of hydrogen-bond donors (Lipinski definition) is 2. The van der Waals surface area contributed by atoms with E-state index in [0.717, 1.165) is 37.8 Å². The molecule has 0 aliphatic heterocycles. The first-order valence-electron chi connectivity index (χ1n) is 6.45. The maximum absolute atomic E-state index is 13.6. The van der Waals surface area contributed by atoms with Crippen molar-refractivity contribution >= 4 is 21.4 Å². The largest absolute Gasteiger partial charge is 0.399 e. The zero-order chi connectivity index (χ0) is 14.8. The van der Waals surface area contributed by atoms with Crippen LogP contribution in [-0.4, -0.2) is 26.1 Å². The molecule has 1 aromatic rings. The van der Waals surface area contributed by atoms with Crippen molar-refractivity contribution in [2.24, 2.45) is 0 Å². The summed E-state index contributed by atoms with van der Waals surface area (Å²) < 4.78 is 37.6. The Morgan fingerprint density at radius 3 is 2.60 bits per heavy atom. The highest BCUT2D eigenvalue weighted by Crippen LogP contribution is 2.20. The Labute approximate surface area is 117 Å². The van der Waals surface area contributed by atoms with E-state index in [1.807, 2.05) is 0 Å². The second-order valence-corrected chi connectivity index (χ2v) is 6.96. The predicted molar refractivity (Wildman–Crippen MR) is 73.3 cm³/mol. The van der Waals surface area contributed by atoms with E-state index in [0.29, 0.717) is 0 Å². The molecule has 1 saturated carbocycles. The summed E-state index contributed by atoms with van der Waals surface area (Å²) in [4.78, 5) is 11.2. The van der Waals surface area contributed by atoms with Crippen LogP contribution in [0, 0.1) is 5.82 Å². The molecular formula is C13H17FN2O3S. The normalized spacial score (nSPS) is 16.2. The molecule has 20 heavy (non-hydrogen) atoms. The van der Waals surface area contributed by atoms with Gasteiger partial charge in [0, 0.05) is 11.7 Å². The Morgan fingerprint density at radius 2 is 2.00 bits per heavy atom. The highest BCUT2D eigenvalue weighted by molar-refractivity contribution is 7.92. The SMILES string of the molecule is Nc1ccc(S(=O)(=O)CC(=O)NC2CCCC2)c(F)c1. The van der Waals surface area contributed by atoms with E-state index < -0.39 is 32.2 Å². The van der Waals surface area contributed by atoms with E-state index >= 15 is 0 Å². The molecule has 110 valence electrons. The summed E-state index contributed by atoms with van der Waals surface area (Å²) in [6, 6.07) is 3.35. The van der Waals surface area contributed by atoms with Gasteiger partial charge in [0.15, 0.2) is 9.84 Å². The molecule has 1 aliphatic rings. The molecule has 1 fully saturated rings. The zero-order valence-electron chi connectivity index (χ0n) is 10.9. The molecule has 0 radical (unpaired) electrons. The number of nitrogens with two attached hydrogens (primary N) is 1. The number of carbonyl (C=O) groups is 1. The van der Waals surface area contributed by atoms with Crippen molar-refractivity contribution < 1.29 is 17.6 Å². The van der Waals surface area contributed by atoms with Crippen molar-refractivity contribution in [1.29, 1.82) is 0 Å². The summed E-state index contributed by atoms with van der Waals surface area (Å²) in [6.07, 6.45) is 3.79. The number of halogens is 1. The standard InChI is InChI=1S/C13H17FN2O3S/c14-11-7-9(15)5-6-12(11)20(18,19)8-13(17)16-10-3-1-2-4-10/h5-7,10H,1-4,8,15H2,(H,16,17). The Balaban J connectivity index is 2.08. The summed E-state index contributed by atoms with van der Waals surface area (Å²) in [5, 5.41) is 2.67. The highest BCUT2D eigenvalue weighted by atomic mass is 32.2. The van der Waals surface area contributed by atoms with Gasteiger partial charge in [0.1, 0.15) is 16.5 Å². The lowest BCUT2D eigenvalue weighted by Crippen LogP contribution is -2.37. The number of hydrogen-bond acceptors (Lipinski definition) is 4. The van der Waals surface area contributed by atoms with Crippen LogP contribution in [0.25, 0.3) is 0 Å². The van der Waals surface area contributed by atoms with Crippen molar-refractivity contribution in [2.75, 3.05) is 11.5 Å². The van der Waals surface area contributed by atoms with Gasteiger partial charge in [0.05, 0.1) is 0 Å². The van der Waals surface area contributed by atoms with Gasteiger partial charge in [0.2, 0.25) is 5.91 Å². The summed E-state index contributed by atoms with van der Waals surface area (Å²) in [5.74, 6) is -2.27. The average Bonchev–Trinajstić information content (AvgIpc) is 2.79. The fourth-order valence-corrected chi connectivity index (χ4v) is 3.57. The maximum atomic E-state index is 13.6. The van der Waals surface area contributed by atoms with Gasteiger partial charge in [-0.3, -0.25) is 4.79 Å². The lowest BCUT2D eigenvalue weighted by molar-refractivity contribution is -0.119. The number of nitrogen functional groups attached to an aromatic ring is 1. The molecule has 0 unspecified atom stereocenters. The van der Waals surface area contributed by atoms with E-state index in [2.05, 4.69) is 5.32 Å². The molecule has 0 spiro atoms. The molecule has 1 aromatic carbocycles. The van der Waals surface area contributed by atoms with Gasteiger partial charge in [-0.15, -0.1) is 0 Å². The van der Waals surface area contributed by atoms with Crippen LogP contribution in [0.4, 0.5) is 10.1 Å². The molecule has 0 bridgehead atoms. The molecule has 0 heterocycles. The first-order valence-corrected chi connectivity index (χ1v) is 8.11. The van der Waals surface area contributed by atoms with E-state index in [1.54, 1.807) is 0 Å². The Kier molecular flexibility index (Phi) is 4.27. The average molecular weight is 300 g/mol. The second kappa shape index (κ2) is 5.78. The van der Waals surface area contributed by atoms with Gasteiger partial charge >= 0.3 is 0 Å². The van der Waals surface area contributed by atoms with Crippen LogP contribution >= 0.6 is 0 Å². The summed E-state index contributed by atoms with van der Waals surface area (Å²) in [6.45, 7) is 0. The van der Waals surface area contributed by atoms with Crippen LogP contribution in [0.15, 0.2) is 23.1 Å². The van der Waals surface area contributed by atoms with Crippen molar-refractivity contribution in [2.45, 2.75) is 36.6 Å². The molecule has 2 rings (SSSR count). The van der Waals surface area contributed by atoms with Crippen LogP contribution in [0.1, 0.15) is 25.7 Å². The Hall–Kier alpha value is -1.63. The van der Waals surface area contributed by atoms with Crippen LogP contribution in [0.3, 0.4) is 0 Å². The molecule has 5 nitrogen and oxygen atoms in total. The molecular weight excluding hydrogens is 283 g/mol. The van der Waals surface area contributed by atoms with Crippen molar-refractivity contribution in [3.05, 3.63) is 24.0 Å². The summed E-state index contributed by atoms with van der Waals surface area (Å²) in [7, 11) is -3.99. The van der Waals surface area contributed by atoms with E-state index in [4.69, 9.17) is 5.73 Å². The molecule has 0 atom stereocenters. The second-order valence-electron chi connectivity index (χ2n) is 5.00. The minimum Gasteiger partial charge on any atom is -0.399 e. The van der Waals surface area contributed by atoms with E-state index in [-0.39, 0.29) is 11.7 Å². The minimum atomic E-state index is -3.99. The number of nitrogens with one attached hydrogen (secondary N) is 1. The van der Waals surface area contributed by atoms with Crippen molar-refractivity contribution in [1.82, 2.24) is 5.32 Å². The smallest absolute Gasteiger partial charge is 0.235 e. The van der Waals surface area contributed by atoms with Gasteiger partial charge < -0.3 is 11.1 Å². The fourth-order valence-electron chi connectivity index (χ4n) is 2.36. The Morgan fingerprint density at radius 1 is 1.35 bits per heavy atom. The highest BCUT2D eigenvalue weighted by Gasteiger charge is 2.25. The lowest BCUT2D eigenvalue weighted by atomic mass is 10.2. The van der Waals surface area contributed by atoms with Crippen LogP contribution in [-0.2, 0) is 14.6 Å². The van der Waals surface area contributed by atoms with Crippen LogP contribution in [0.5, 0.6) is 0 Å². The molecule has 7 heteroatoms. The van der Waals surface area contributed by atoms with Gasteiger partial charge in [-0.2, -0.15) is 0 Å². The number of amides is 1. The Bertz CT molecular complexity index is 610. The van der Waals surface area contributed by atoms with Gasteiger partial charge in [-0.25, -0.2) is 12.8 Å². The third kappa shape index (κ3) is 3.47. The predicted octanol–water partition coefficient (Wildman–Crippen LogP) is 1.24. The molecule has 0 saturated heterocycles. The number of carbonyl (C=O) groups excluding carboxylic acids is 1. The number of sulfone groups is 1. The number of rotatable bonds is 4. The van der Waals surface area contributed by atoms with Gasteiger partial charge in [-0.05, 0) is 31.0 Å². The third-order valence-corrected chi connectivity index (χ3v) is 4.98. The summed E-state index contributed by atoms with van der Waals surface area (Å²) >= 11 is 0. The zero-order valence-corrected chi connectivity index (χ0v) is 11.7. The topological polar surface area (TPSA) is 89.3 Å². The third-order valence-electron chi connectivity index (χ3n) is 3.33. The van der Waals surface area contributed by atoms with Gasteiger partial charge in [0.25, 0.3) is 0 Å². The lowest BCUT2D eigenvalue weighted by Gasteiger charge is -2.12. The fraction of sp³-hybridized carbons (Fsp3) is 0.462. The maximum Gasteiger partial charge on any atom is 0.235 e. The number of benzene rings is 1. The van der Waals surface area contributed by atoms with Gasteiger partial charge in [-0.1, -0.05) is 12.8 Å². The van der Waals surface area contributed by atoms with Crippen LogP contribution in [0.2, 0.25) is 0 Å².